The highest BCUT2D eigenvalue weighted by molar-refractivity contribution is 8.02. The van der Waals surface area contributed by atoms with E-state index in [0.29, 0.717) is 4.99 Å². The van der Waals surface area contributed by atoms with Crippen LogP contribution in [0.15, 0.2) is 0 Å². The molecule has 0 aromatic carbocycles. The van der Waals surface area contributed by atoms with Crippen molar-refractivity contribution in [1.29, 1.82) is 0 Å². The van der Waals surface area contributed by atoms with E-state index in [1.54, 1.807) is 16.7 Å². The van der Waals surface area contributed by atoms with E-state index in [1.165, 1.54) is 0 Å². The van der Waals surface area contributed by atoms with Gasteiger partial charge in [0.1, 0.15) is 6.04 Å². The van der Waals surface area contributed by atoms with E-state index in [-0.39, 0.29) is 16.2 Å². The molecule has 0 aliphatic carbocycles. The summed E-state index contributed by atoms with van der Waals surface area (Å²) in [6.45, 7) is 3.84. The molecule has 3 N–H and O–H groups in total. The van der Waals surface area contributed by atoms with Crippen LogP contribution in [0, 0.1) is 0 Å². The molecule has 78 valence electrons. The zero-order valence-electron chi connectivity index (χ0n) is 7.93. The number of nitrogens with two attached hydrogens (primary N) is 1. The van der Waals surface area contributed by atoms with Gasteiger partial charge in [0, 0.05) is 4.75 Å². The first kappa shape index (κ1) is 10.2. The van der Waals surface area contributed by atoms with Crippen LogP contribution >= 0.6 is 24.0 Å². The maximum absolute atomic E-state index is 11.1. The van der Waals surface area contributed by atoms with Gasteiger partial charge in [0.05, 0.1) is 16.4 Å². The number of thiocarbonyl (C=S) groups is 1. The third-order valence-electron chi connectivity index (χ3n) is 2.72. The Balaban J connectivity index is 2.32. The zero-order chi connectivity index (χ0) is 10.7. The normalized spacial score (nSPS) is 39.2. The molecule has 0 aromatic rings. The highest BCUT2D eigenvalue weighted by Gasteiger charge is 2.60. The Bertz CT molecular complexity index is 318. The predicted octanol–water partition coefficient (Wildman–Crippen LogP) is 0.261. The number of hydrogen-bond acceptors (Lipinski definition) is 4. The second-order valence-corrected chi connectivity index (χ2v) is 6.31. The van der Waals surface area contributed by atoms with Crippen molar-refractivity contribution in [1.82, 2.24) is 4.90 Å². The van der Waals surface area contributed by atoms with E-state index in [4.69, 9.17) is 23.1 Å². The molecule has 4 nitrogen and oxygen atoms in total. The Morgan fingerprint density at radius 3 is 2.79 bits per heavy atom. The topological polar surface area (TPSA) is 66.6 Å². The number of aliphatic carboxylic acids is 1. The van der Waals surface area contributed by atoms with Gasteiger partial charge in [-0.05, 0) is 13.8 Å². The lowest BCUT2D eigenvalue weighted by Crippen LogP contribution is -2.67. The van der Waals surface area contributed by atoms with Gasteiger partial charge in [-0.2, -0.15) is 0 Å². The van der Waals surface area contributed by atoms with E-state index >= 15 is 0 Å². The molecule has 2 fully saturated rings. The highest BCUT2D eigenvalue weighted by Crippen LogP contribution is 2.50. The molecular formula is C8H12N2O2S2. The van der Waals surface area contributed by atoms with E-state index in [2.05, 4.69) is 0 Å². The van der Waals surface area contributed by atoms with Crippen molar-refractivity contribution in [2.75, 3.05) is 0 Å². The molecule has 0 aromatic heterocycles. The summed E-state index contributed by atoms with van der Waals surface area (Å²) in [6.07, 6.45) is 0. The second-order valence-electron chi connectivity index (χ2n) is 4.12. The van der Waals surface area contributed by atoms with Crippen LogP contribution in [-0.2, 0) is 4.79 Å². The molecule has 2 heterocycles. The fourth-order valence-electron chi connectivity index (χ4n) is 2.04. The summed E-state index contributed by atoms with van der Waals surface area (Å²) in [5.41, 5.74) is 5.79. The number of carboxylic acids is 1. The fraction of sp³-hybridized carbons (Fsp3) is 0.750. The lowest BCUT2D eigenvalue weighted by molar-refractivity contribution is -0.142. The van der Waals surface area contributed by atoms with Gasteiger partial charge in [-0.15, -0.1) is 11.8 Å². The first-order valence-electron chi connectivity index (χ1n) is 4.34. The van der Waals surface area contributed by atoms with Gasteiger partial charge >= 0.3 is 5.97 Å². The third kappa shape index (κ3) is 1.11. The van der Waals surface area contributed by atoms with Crippen molar-refractivity contribution >= 4 is 34.9 Å². The first-order chi connectivity index (χ1) is 6.36. The quantitative estimate of drug-likeness (QED) is 0.632. The maximum atomic E-state index is 11.1. The average molecular weight is 232 g/mol. The van der Waals surface area contributed by atoms with Crippen molar-refractivity contribution in [3.05, 3.63) is 0 Å². The summed E-state index contributed by atoms with van der Waals surface area (Å²) < 4.78 is -0.325. The Morgan fingerprint density at radius 2 is 2.29 bits per heavy atom. The molecule has 0 bridgehead atoms. The SMILES string of the molecule is CC1(C)SC2C(N)C(=S)N2C1C(=O)O. The van der Waals surface area contributed by atoms with Crippen LogP contribution in [0.1, 0.15) is 13.8 Å². The van der Waals surface area contributed by atoms with E-state index in [0.717, 1.165) is 0 Å². The number of carbonyl (C=O) groups is 1. The van der Waals surface area contributed by atoms with Gasteiger partial charge in [-0.3, -0.25) is 0 Å². The van der Waals surface area contributed by atoms with E-state index in [1.807, 2.05) is 13.8 Å². The van der Waals surface area contributed by atoms with Gasteiger partial charge in [0.15, 0.2) is 0 Å². The van der Waals surface area contributed by atoms with Crippen LogP contribution in [0.2, 0.25) is 0 Å². The molecule has 6 heteroatoms. The minimum Gasteiger partial charge on any atom is -0.480 e. The van der Waals surface area contributed by atoms with Crippen molar-refractivity contribution in [2.45, 2.75) is 36.1 Å². The number of rotatable bonds is 1. The third-order valence-corrected chi connectivity index (χ3v) is 4.79. The van der Waals surface area contributed by atoms with Crippen molar-refractivity contribution in [3.8, 4) is 0 Å². The number of fused-ring (bicyclic) bond motifs is 1. The number of nitrogens with zero attached hydrogens (tertiary/aromatic N) is 1. The molecule has 0 spiro atoms. The average Bonchev–Trinajstić information content (AvgIpc) is 2.34. The standard InChI is InChI=1S/C8H12N2O2S2/c1-8(2)4(7(11)12)10-5(13)3(9)6(10)14-8/h3-4,6H,9H2,1-2H3,(H,11,12). The Labute approximate surface area is 91.8 Å². The largest absolute Gasteiger partial charge is 0.480 e. The lowest BCUT2D eigenvalue weighted by atomic mass is 9.97. The van der Waals surface area contributed by atoms with Crippen molar-refractivity contribution < 1.29 is 9.90 Å². The fourth-order valence-corrected chi connectivity index (χ4v) is 4.13. The van der Waals surface area contributed by atoms with E-state index < -0.39 is 12.0 Å². The molecule has 14 heavy (non-hydrogen) atoms. The number of hydrogen-bond donors (Lipinski definition) is 2. The van der Waals surface area contributed by atoms with Gasteiger partial charge in [-0.1, -0.05) is 12.2 Å². The molecule has 0 saturated carbocycles. The lowest BCUT2D eigenvalue weighted by Gasteiger charge is -2.44. The Morgan fingerprint density at radius 1 is 1.71 bits per heavy atom. The van der Waals surface area contributed by atoms with Crippen LogP contribution in [-0.4, -0.2) is 43.2 Å². The number of thioether (sulfide) groups is 1. The molecule has 0 radical (unpaired) electrons. The van der Waals surface area contributed by atoms with Crippen molar-refractivity contribution in [3.63, 3.8) is 0 Å². The van der Waals surface area contributed by atoms with Crippen LogP contribution in [0.4, 0.5) is 0 Å². The molecule has 3 atom stereocenters. The molecule has 2 saturated heterocycles. The van der Waals surface area contributed by atoms with Gasteiger partial charge < -0.3 is 15.7 Å². The summed E-state index contributed by atoms with van der Waals surface area (Å²) >= 11 is 6.67. The summed E-state index contributed by atoms with van der Waals surface area (Å²) in [4.78, 5) is 13.4. The summed E-state index contributed by atoms with van der Waals surface area (Å²) in [5, 5.41) is 9.17. The minimum absolute atomic E-state index is 0.0543. The van der Waals surface area contributed by atoms with Crippen molar-refractivity contribution in [2.24, 2.45) is 5.73 Å². The molecule has 2 aliphatic rings. The molecule has 3 unspecified atom stereocenters. The molecule has 2 aliphatic heterocycles. The zero-order valence-corrected chi connectivity index (χ0v) is 9.56. The molecular weight excluding hydrogens is 220 g/mol. The van der Waals surface area contributed by atoms with E-state index in [9.17, 15) is 4.79 Å². The van der Waals surface area contributed by atoms with Crippen LogP contribution < -0.4 is 5.73 Å². The van der Waals surface area contributed by atoms with Gasteiger partial charge in [-0.25, -0.2) is 4.79 Å². The summed E-state index contributed by atoms with van der Waals surface area (Å²) in [5.74, 6) is -0.820. The van der Waals surface area contributed by atoms with Gasteiger partial charge in [0.25, 0.3) is 0 Å². The van der Waals surface area contributed by atoms with Crippen LogP contribution in [0.25, 0.3) is 0 Å². The smallest absolute Gasteiger partial charge is 0.327 e. The summed E-state index contributed by atoms with van der Waals surface area (Å²) in [6, 6.07) is -0.691. The van der Waals surface area contributed by atoms with Gasteiger partial charge in [0.2, 0.25) is 0 Å². The molecule has 2 rings (SSSR count). The molecule has 0 amide bonds. The van der Waals surface area contributed by atoms with Crippen LogP contribution in [0.3, 0.4) is 0 Å². The maximum Gasteiger partial charge on any atom is 0.327 e. The monoisotopic (exact) mass is 232 g/mol. The Hall–Kier alpha value is -0.330. The predicted molar refractivity (Wildman–Crippen MR) is 59.3 cm³/mol. The highest BCUT2D eigenvalue weighted by atomic mass is 32.2. The minimum atomic E-state index is -0.820. The second kappa shape index (κ2) is 2.84. The summed E-state index contributed by atoms with van der Waals surface area (Å²) in [7, 11) is 0. The first-order valence-corrected chi connectivity index (χ1v) is 5.63. The number of carboxylic acid groups (broad SMARTS) is 1. The Kier molecular flexibility index (Phi) is 2.06. The van der Waals surface area contributed by atoms with Crippen LogP contribution in [0.5, 0.6) is 0 Å².